The Morgan fingerprint density at radius 3 is 1.76 bits per heavy atom. The molecular weight excluding hydrogens is 703 g/mol. The summed E-state index contributed by atoms with van der Waals surface area (Å²) in [5, 5.41) is 14.7. The molecular formula is C56H35NO. The number of nitrogens with zero attached hydrogens (tertiary/aromatic N) is 1. The van der Waals surface area contributed by atoms with E-state index in [2.05, 4.69) is 205 Å². The summed E-state index contributed by atoms with van der Waals surface area (Å²) in [5.41, 5.74) is 9.66. The van der Waals surface area contributed by atoms with Crippen LogP contribution in [-0.2, 0) is 0 Å². The number of anilines is 3. The van der Waals surface area contributed by atoms with Gasteiger partial charge in [-0.1, -0.05) is 164 Å². The molecule has 0 radical (unpaired) electrons. The van der Waals surface area contributed by atoms with Crippen LogP contribution in [0.2, 0.25) is 0 Å². The maximum atomic E-state index is 6.51. The molecule has 0 atom stereocenters. The molecule has 2 heteroatoms. The number of hydrogen-bond donors (Lipinski definition) is 0. The van der Waals surface area contributed by atoms with Crippen LogP contribution in [0.4, 0.5) is 17.1 Å². The molecule has 1 heterocycles. The Bertz CT molecular complexity index is 3580. The molecule has 0 fully saturated rings. The van der Waals surface area contributed by atoms with Gasteiger partial charge >= 0.3 is 0 Å². The van der Waals surface area contributed by atoms with Crippen LogP contribution in [0.25, 0.3) is 98.1 Å². The molecule has 2 nitrogen and oxygen atoms in total. The molecule has 58 heavy (non-hydrogen) atoms. The third-order valence-electron chi connectivity index (χ3n) is 12.0. The molecule has 270 valence electrons. The second-order valence-electron chi connectivity index (χ2n) is 15.2. The molecule has 0 N–H and O–H groups in total. The van der Waals surface area contributed by atoms with E-state index in [9.17, 15) is 0 Å². The molecule has 0 aliphatic rings. The predicted octanol–water partition coefficient (Wildman–Crippen LogP) is 16.2. The summed E-state index contributed by atoms with van der Waals surface area (Å²) in [4.78, 5) is 2.41. The van der Waals surface area contributed by atoms with Gasteiger partial charge in [-0.05, 0) is 113 Å². The van der Waals surface area contributed by atoms with Crippen LogP contribution < -0.4 is 4.90 Å². The molecule has 0 aliphatic carbocycles. The van der Waals surface area contributed by atoms with E-state index >= 15 is 0 Å². The van der Waals surface area contributed by atoms with Gasteiger partial charge in [0.2, 0.25) is 0 Å². The summed E-state index contributed by atoms with van der Waals surface area (Å²) in [6.07, 6.45) is 0. The Morgan fingerprint density at radius 2 is 0.897 bits per heavy atom. The van der Waals surface area contributed by atoms with E-state index in [-0.39, 0.29) is 0 Å². The van der Waals surface area contributed by atoms with Gasteiger partial charge in [0, 0.05) is 33.8 Å². The molecule has 0 bridgehead atoms. The second-order valence-corrected chi connectivity index (χ2v) is 15.2. The first kappa shape index (κ1) is 32.6. The Labute approximate surface area is 335 Å². The van der Waals surface area contributed by atoms with E-state index in [1.807, 2.05) is 12.1 Å². The zero-order valence-electron chi connectivity index (χ0n) is 31.6. The minimum absolute atomic E-state index is 0.863. The molecule has 12 rings (SSSR count). The van der Waals surface area contributed by atoms with Crippen molar-refractivity contribution in [2.75, 3.05) is 4.90 Å². The zero-order chi connectivity index (χ0) is 38.2. The van der Waals surface area contributed by atoms with Crippen LogP contribution in [0.3, 0.4) is 0 Å². The highest BCUT2D eigenvalue weighted by atomic mass is 16.3. The second kappa shape index (κ2) is 12.9. The minimum atomic E-state index is 0.863. The number of para-hydroxylation sites is 2. The van der Waals surface area contributed by atoms with Crippen molar-refractivity contribution in [3.8, 4) is 22.3 Å². The van der Waals surface area contributed by atoms with Crippen molar-refractivity contribution >= 4 is 92.9 Å². The molecule has 11 aromatic carbocycles. The van der Waals surface area contributed by atoms with Gasteiger partial charge < -0.3 is 9.32 Å². The number of furan rings is 1. The fourth-order valence-corrected chi connectivity index (χ4v) is 9.37. The lowest BCUT2D eigenvalue weighted by Crippen LogP contribution is -2.11. The molecule has 1 aromatic heterocycles. The summed E-state index contributed by atoms with van der Waals surface area (Å²) in [6, 6.07) is 77.2. The van der Waals surface area contributed by atoms with Gasteiger partial charge in [0.15, 0.2) is 0 Å². The Morgan fingerprint density at radius 1 is 0.293 bits per heavy atom. The third-order valence-corrected chi connectivity index (χ3v) is 12.0. The van der Waals surface area contributed by atoms with Crippen LogP contribution in [0.15, 0.2) is 217 Å². The first-order valence-corrected chi connectivity index (χ1v) is 19.9. The normalized spacial score (nSPS) is 11.8. The van der Waals surface area contributed by atoms with E-state index in [0.717, 1.165) is 50.1 Å². The molecule has 12 aromatic rings. The van der Waals surface area contributed by atoms with E-state index in [1.165, 1.54) is 65.0 Å². The third kappa shape index (κ3) is 5.05. The van der Waals surface area contributed by atoms with Gasteiger partial charge in [-0.2, -0.15) is 0 Å². The standard InChI is InChI=1S/C56H35NO/c1-2-14-36(15-3-1)44-19-10-12-24-52(44)57(41-30-31-48-47-22-11-13-25-53(47)58-54(48)35-41)42-32-39-17-5-6-18-43(39)51(34-42)50-33-40-29-28-38-27-26-37-16-4-7-20-45(37)55(38)56(40)49-23-9-8-21-46(49)50/h1-35H. The van der Waals surface area contributed by atoms with E-state index in [4.69, 9.17) is 4.42 Å². The van der Waals surface area contributed by atoms with E-state index in [1.54, 1.807) is 0 Å². The average Bonchev–Trinajstić information content (AvgIpc) is 3.67. The SMILES string of the molecule is c1ccc(-c2ccccc2N(c2cc(-c3cc4ccc5ccc6ccccc6c5c4c4ccccc34)c3ccccc3c2)c2ccc3c(c2)oc2ccccc23)cc1. The monoisotopic (exact) mass is 737 g/mol. The highest BCUT2D eigenvalue weighted by Crippen LogP contribution is 2.47. The van der Waals surface area contributed by atoms with Crippen molar-refractivity contribution in [2.45, 2.75) is 0 Å². The minimum Gasteiger partial charge on any atom is -0.456 e. The highest BCUT2D eigenvalue weighted by Gasteiger charge is 2.22. The van der Waals surface area contributed by atoms with Crippen molar-refractivity contribution in [1.82, 2.24) is 0 Å². The van der Waals surface area contributed by atoms with Crippen LogP contribution >= 0.6 is 0 Å². The largest absolute Gasteiger partial charge is 0.456 e. The molecule has 0 amide bonds. The summed E-state index contributed by atoms with van der Waals surface area (Å²) < 4.78 is 6.51. The van der Waals surface area contributed by atoms with Crippen LogP contribution in [0, 0.1) is 0 Å². The summed E-state index contributed by atoms with van der Waals surface area (Å²) in [7, 11) is 0. The smallest absolute Gasteiger partial charge is 0.137 e. The molecule has 0 aliphatic heterocycles. The summed E-state index contributed by atoms with van der Waals surface area (Å²) in [6.45, 7) is 0. The van der Waals surface area contributed by atoms with Crippen LogP contribution in [0.5, 0.6) is 0 Å². The number of fused-ring (bicyclic) bond motifs is 11. The van der Waals surface area contributed by atoms with Crippen molar-refractivity contribution in [1.29, 1.82) is 0 Å². The van der Waals surface area contributed by atoms with Crippen molar-refractivity contribution in [2.24, 2.45) is 0 Å². The lowest BCUT2D eigenvalue weighted by atomic mass is 9.87. The first-order valence-electron chi connectivity index (χ1n) is 19.9. The van der Waals surface area contributed by atoms with Crippen LogP contribution in [0.1, 0.15) is 0 Å². The maximum absolute atomic E-state index is 6.51. The van der Waals surface area contributed by atoms with Crippen molar-refractivity contribution < 1.29 is 4.42 Å². The summed E-state index contributed by atoms with van der Waals surface area (Å²) in [5.74, 6) is 0. The highest BCUT2D eigenvalue weighted by molar-refractivity contribution is 6.29. The maximum Gasteiger partial charge on any atom is 0.137 e. The Hall–Kier alpha value is -7.68. The molecule has 0 saturated heterocycles. The van der Waals surface area contributed by atoms with Crippen molar-refractivity contribution in [3.63, 3.8) is 0 Å². The fourth-order valence-electron chi connectivity index (χ4n) is 9.37. The van der Waals surface area contributed by atoms with Crippen molar-refractivity contribution in [3.05, 3.63) is 212 Å². The van der Waals surface area contributed by atoms with Crippen LogP contribution in [-0.4, -0.2) is 0 Å². The lowest BCUT2D eigenvalue weighted by Gasteiger charge is -2.29. The van der Waals surface area contributed by atoms with Gasteiger partial charge in [0.1, 0.15) is 11.2 Å². The predicted molar refractivity (Wildman–Crippen MR) is 247 cm³/mol. The summed E-state index contributed by atoms with van der Waals surface area (Å²) >= 11 is 0. The van der Waals surface area contributed by atoms with Gasteiger partial charge in [-0.15, -0.1) is 0 Å². The quantitative estimate of drug-likeness (QED) is 0.164. The fraction of sp³-hybridized carbons (Fsp3) is 0. The van der Waals surface area contributed by atoms with E-state index in [0.29, 0.717) is 0 Å². The van der Waals surface area contributed by atoms with Gasteiger partial charge in [-0.3, -0.25) is 0 Å². The average molecular weight is 738 g/mol. The topological polar surface area (TPSA) is 16.4 Å². The van der Waals surface area contributed by atoms with Gasteiger partial charge in [-0.25, -0.2) is 0 Å². The molecule has 0 spiro atoms. The first-order chi connectivity index (χ1) is 28.8. The Kier molecular flexibility index (Phi) is 7.26. The van der Waals surface area contributed by atoms with Gasteiger partial charge in [0.25, 0.3) is 0 Å². The molecule has 0 saturated carbocycles. The van der Waals surface area contributed by atoms with Gasteiger partial charge in [0.05, 0.1) is 5.69 Å². The Balaban J connectivity index is 1.16. The zero-order valence-corrected chi connectivity index (χ0v) is 31.6. The number of hydrogen-bond acceptors (Lipinski definition) is 2. The number of rotatable bonds is 5. The van der Waals surface area contributed by atoms with E-state index < -0.39 is 0 Å². The number of benzene rings is 11. The molecule has 0 unspecified atom stereocenters. The lowest BCUT2D eigenvalue weighted by molar-refractivity contribution is 0.669.